The first-order chi connectivity index (χ1) is 7.93. The standard InChI is InChI=1S/C10H13N5O/c1-3-16-4-2-7(1)14-9-8-5-13-15-10(8)12-6-11-9/h5-7H,1-4H2,(H2,11,12,13,14,15). The highest BCUT2D eigenvalue weighted by Gasteiger charge is 2.15. The molecule has 0 saturated carbocycles. The first kappa shape index (κ1) is 9.53. The van der Waals surface area contributed by atoms with Crippen LogP contribution in [0.2, 0.25) is 0 Å². The smallest absolute Gasteiger partial charge is 0.160 e. The van der Waals surface area contributed by atoms with Crippen molar-refractivity contribution in [1.82, 2.24) is 20.2 Å². The average molecular weight is 219 g/mol. The Morgan fingerprint density at radius 1 is 1.31 bits per heavy atom. The van der Waals surface area contributed by atoms with Gasteiger partial charge in [0.05, 0.1) is 11.6 Å². The molecule has 6 nitrogen and oxygen atoms in total. The molecule has 3 rings (SSSR count). The molecule has 1 aliphatic heterocycles. The van der Waals surface area contributed by atoms with Gasteiger partial charge in [-0.25, -0.2) is 9.97 Å². The lowest BCUT2D eigenvalue weighted by Crippen LogP contribution is -2.28. The van der Waals surface area contributed by atoms with Crippen LogP contribution in [0.4, 0.5) is 5.82 Å². The second-order valence-corrected chi connectivity index (χ2v) is 3.89. The van der Waals surface area contributed by atoms with Gasteiger partial charge in [-0.2, -0.15) is 5.10 Å². The summed E-state index contributed by atoms with van der Waals surface area (Å²) in [7, 11) is 0. The maximum atomic E-state index is 5.32. The zero-order chi connectivity index (χ0) is 10.8. The van der Waals surface area contributed by atoms with Crippen molar-refractivity contribution in [2.75, 3.05) is 18.5 Å². The summed E-state index contributed by atoms with van der Waals surface area (Å²) in [4.78, 5) is 8.35. The molecular formula is C10H13N5O. The summed E-state index contributed by atoms with van der Waals surface area (Å²) >= 11 is 0. The Balaban J connectivity index is 1.85. The summed E-state index contributed by atoms with van der Waals surface area (Å²) in [6.07, 6.45) is 5.33. The molecular weight excluding hydrogens is 206 g/mol. The molecule has 16 heavy (non-hydrogen) atoms. The van der Waals surface area contributed by atoms with Crippen LogP contribution in [-0.4, -0.2) is 39.4 Å². The van der Waals surface area contributed by atoms with Gasteiger partial charge in [0.25, 0.3) is 0 Å². The number of nitrogens with one attached hydrogen (secondary N) is 2. The Hall–Kier alpha value is -1.69. The molecule has 1 fully saturated rings. The van der Waals surface area contributed by atoms with E-state index in [0.29, 0.717) is 6.04 Å². The maximum Gasteiger partial charge on any atom is 0.160 e. The van der Waals surface area contributed by atoms with Crippen LogP contribution in [0.3, 0.4) is 0 Å². The van der Waals surface area contributed by atoms with Crippen molar-refractivity contribution in [2.45, 2.75) is 18.9 Å². The van der Waals surface area contributed by atoms with E-state index < -0.39 is 0 Å². The molecule has 0 radical (unpaired) electrons. The minimum atomic E-state index is 0.432. The van der Waals surface area contributed by atoms with E-state index in [1.807, 2.05) is 0 Å². The van der Waals surface area contributed by atoms with Crippen LogP contribution in [0.25, 0.3) is 11.0 Å². The Morgan fingerprint density at radius 2 is 2.19 bits per heavy atom. The molecule has 0 aromatic carbocycles. The van der Waals surface area contributed by atoms with E-state index in [9.17, 15) is 0 Å². The number of rotatable bonds is 2. The van der Waals surface area contributed by atoms with Crippen molar-refractivity contribution in [3.63, 3.8) is 0 Å². The molecule has 0 amide bonds. The summed E-state index contributed by atoms with van der Waals surface area (Å²) in [6.45, 7) is 1.63. The van der Waals surface area contributed by atoms with Gasteiger partial charge in [-0.1, -0.05) is 0 Å². The summed E-state index contributed by atoms with van der Waals surface area (Å²) in [5.74, 6) is 0.852. The lowest BCUT2D eigenvalue weighted by Gasteiger charge is -2.23. The van der Waals surface area contributed by atoms with Crippen LogP contribution in [-0.2, 0) is 4.74 Å². The monoisotopic (exact) mass is 219 g/mol. The Labute approximate surface area is 92.4 Å². The molecule has 2 N–H and O–H groups in total. The molecule has 2 aromatic heterocycles. The second kappa shape index (κ2) is 4.05. The summed E-state index contributed by atoms with van der Waals surface area (Å²) in [6, 6.07) is 0.432. The Morgan fingerprint density at radius 3 is 3.06 bits per heavy atom. The minimum Gasteiger partial charge on any atom is -0.381 e. The zero-order valence-corrected chi connectivity index (χ0v) is 8.81. The minimum absolute atomic E-state index is 0.432. The largest absolute Gasteiger partial charge is 0.381 e. The van der Waals surface area contributed by atoms with Gasteiger partial charge in [-0.15, -0.1) is 0 Å². The molecule has 2 aromatic rings. The second-order valence-electron chi connectivity index (χ2n) is 3.89. The van der Waals surface area contributed by atoms with Crippen LogP contribution >= 0.6 is 0 Å². The van der Waals surface area contributed by atoms with Gasteiger partial charge in [0, 0.05) is 19.3 Å². The number of H-pyrrole nitrogens is 1. The van der Waals surface area contributed by atoms with Gasteiger partial charge in [0.1, 0.15) is 12.1 Å². The van der Waals surface area contributed by atoms with E-state index in [1.54, 1.807) is 12.5 Å². The van der Waals surface area contributed by atoms with E-state index >= 15 is 0 Å². The summed E-state index contributed by atoms with van der Waals surface area (Å²) in [5.41, 5.74) is 0.768. The van der Waals surface area contributed by atoms with Crippen molar-refractivity contribution in [3.05, 3.63) is 12.5 Å². The molecule has 1 aliphatic rings. The van der Waals surface area contributed by atoms with E-state index in [2.05, 4.69) is 25.5 Å². The van der Waals surface area contributed by atoms with Crippen LogP contribution in [0, 0.1) is 0 Å². The quantitative estimate of drug-likeness (QED) is 0.786. The predicted molar refractivity (Wildman–Crippen MR) is 59.1 cm³/mol. The fraction of sp³-hybridized carbons (Fsp3) is 0.500. The van der Waals surface area contributed by atoms with Gasteiger partial charge in [-0.05, 0) is 12.8 Å². The molecule has 0 spiro atoms. The van der Waals surface area contributed by atoms with Crippen molar-refractivity contribution < 1.29 is 4.74 Å². The highest BCUT2D eigenvalue weighted by atomic mass is 16.5. The number of aromatic amines is 1. The number of fused-ring (bicyclic) bond motifs is 1. The Kier molecular flexibility index (Phi) is 2.41. The summed E-state index contributed by atoms with van der Waals surface area (Å²) < 4.78 is 5.32. The SMILES string of the molecule is c1nc(NC2CCOCC2)c2cn[nH]c2n1. The molecule has 0 aliphatic carbocycles. The molecule has 1 saturated heterocycles. The predicted octanol–water partition coefficient (Wildman–Crippen LogP) is 0.944. The zero-order valence-electron chi connectivity index (χ0n) is 8.81. The van der Waals surface area contributed by atoms with E-state index in [-0.39, 0.29) is 0 Å². The van der Waals surface area contributed by atoms with Gasteiger partial charge >= 0.3 is 0 Å². The highest BCUT2D eigenvalue weighted by molar-refractivity contribution is 5.85. The molecule has 6 heteroatoms. The van der Waals surface area contributed by atoms with E-state index in [0.717, 1.165) is 42.9 Å². The lowest BCUT2D eigenvalue weighted by atomic mass is 10.1. The number of aromatic nitrogens is 4. The average Bonchev–Trinajstić information content (AvgIpc) is 2.80. The fourth-order valence-corrected chi connectivity index (χ4v) is 1.92. The molecule has 0 atom stereocenters. The van der Waals surface area contributed by atoms with Crippen molar-refractivity contribution >= 4 is 16.9 Å². The van der Waals surface area contributed by atoms with Gasteiger partial charge in [-0.3, -0.25) is 5.10 Å². The fourth-order valence-electron chi connectivity index (χ4n) is 1.92. The normalized spacial score (nSPS) is 17.8. The first-order valence-electron chi connectivity index (χ1n) is 5.42. The van der Waals surface area contributed by atoms with Gasteiger partial charge < -0.3 is 10.1 Å². The van der Waals surface area contributed by atoms with Crippen LogP contribution in [0.15, 0.2) is 12.5 Å². The third-order valence-electron chi connectivity index (χ3n) is 2.81. The lowest BCUT2D eigenvalue weighted by molar-refractivity contribution is 0.0904. The third-order valence-corrected chi connectivity index (χ3v) is 2.81. The van der Waals surface area contributed by atoms with Gasteiger partial charge in [0.15, 0.2) is 5.65 Å². The van der Waals surface area contributed by atoms with Crippen molar-refractivity contribution in [2.24, 2.45) is 0 Å². The van der Waals surface area contributed by atoms with Gasteiger partial charge in [0.2, 0.25) is 0 Å². The van der Waals surface area contributed by atoms with E-state index in [4.69, 9.17) is 4.74 Å². The number of nitrogens with zero attached hydrogens (tertiary/aromatic N) is 3. The van der Waals surface area contributed by atoms with E-state index in [1.165, 1.54) is 0 Å². The summed E-state index contributed by atoms with van der Waals surface area (Å²) in [5, 5.41) is 11.2. The molecule has 3 heterocycles. The number of anilines is 1. The Bertz CT molecular complexity index is 477. The molecule has 84 valence electrons. The van der Waals surface area contributed by atoms with Crippen LogP contribution in [0.1, 0.15) is 12.8 Å². The topological polar surface area (TPSA) is 75.7 Å². The third kappa shape index (κ3) is 1.71. The number of hydrogen-bond donors (Lipinski definition) is 2. The number of ether oxygens (including phenoxy) is 1. The molecule has 0 unspecified atom stereocenters. The first-order valence-corrected chi connectivity index (χ1v) is 5.42. The van der Waals surface area contributed by atoms with Crippen LogP contribution < -0.4 is 5.32 Å². The number of hydrogen-bond acceptors (Lipinski definition) is 5. The highest BCUT2D eigenvalue weighted by Crippen LogP contribution is 2.19. The molecule has 0 bridgehead atoms. The maximum absolute atomic E-state index is 5.32. The van der Waals surface area contributed by atoms with Crippen molar-refractivity contribution in [1.29, 1.82) is 0 Å². The van der Waals surface area contributed by atoms with Crippen molar-refractivity contribution in [3.8, 4) is 0 Å². The van der Waals surface area contributed by atoms with Crippen LogP contribution in [0.5, 0.6) is 0 Å².